The highest BCUT2D eigenvalue weighted by atomic mass is 32.2. The number of carbonyl (C=O) groups is 9. The van der Waals surface area contributed by atoms with Gasteiger partial charge >= 0.3 is 11.9 Å². The van der Waals surface area contributed by atoms with E-state index >= 15 is 0 Å². The molecule has 2 bridgehead atoms. The van der Waals surface area contributed by atoms with Gasteiger partial charge in [-0.2, -0.15) is 11.8 Å². The largest absolute Gasteiger partial charge is 0.481 e. The van der Waals surface area contributed by atoms with E-state index in [1.807, 2.05) is 0 Å². The van der Waals surface area contributed by atoms with Gasteiger partial charge in [0, 0.05) is 26.3 Å². The number of cyclic esters (lactones) is 1. The van der Waals surface area contributed by atoms with E-state index in [0.717, 1.165) is 4.90 Å². The summed E-state index contributed by atoms with van der Waals surface area (Å²) >= 11 is 1.35. The zero-order chi connectivity index (χ0) is 48.7. The van der Waals surface area contributed by atoms with Crippen LogP contribution in [0.2, 0.25) is 0 Å². The number of hydrogen-bond donors (Lipinski definition) is 7. The number of carbonyl (C=O) groups excluding carboxylic acids is 8. The zero-order valence-electron chi connectivity index (χ0n) is 38.2. The van der Waals surface area contributed by atoms with Crippen LogP contribution in [0.25, 0.3) is 0 Å². The molecule has 7 N–H and O–H groups in total. The van der Waals surface area contributed by atoms with Crippen molar-refractivity contribution in [2.24, 2.45) is 5.92 Å². The van der Waals surface area contributed by atoms with Crippen LogP contribution < -0.4 is 26.6 Å². The summed E-state index contributed by atoms with van der Waals surface area (Å²) in [7, 11) is 1.39. The molecule has 9 unspecified atom stereocenters. The number of carboxylic acids is 1. The van der Waals surface area contributed by atoms with Crippen LogP contribution in [0.5, 0.6) is 0 Å². The summed E-state index contributed by atoms with van der Waals surface area (Å²) in [5, 5.41) is 33.9. The summed E-state index contributed by atoms with van der Waals surface area (Å²) in [6, 6.07) is 7.41. The molecule has 0 spiro atoms. The molecular weight excluding hydrogens is 875 g/mol. The molecule has 360 valence electrons. The summed E-state index contributed by atoms with van der Waals surface area (Å²) in [5.41, 5.74) is 1.28. The Balaban J connectivity index is 1.86. The second-order valence-electron chi connectivity index (χ2n) is 16.9. The third-order valence-corrected chi connectivity index (χ3v) is 12.2. The highest BCUT2D eigenvalue weighted by Crippen LogP contribution is 2.25. The summed E-state index contributed by atoms with van der Waals surface area (Å²) in [6.45, 7) is 6.24. The number of nitrogens with zero attached hydrogens (tertiary/aromatic N) is 2. The van der Waals surface area contributed by atoms with Crippen LogP contribution in [0.3, 0.4) is 0 Å². The third kappa shape index (κ3) is 14.5. The SMILES string of the molecule is CCCC(=O)NC(CC(=O)O)C(=O)NC1C(=O)NC(CCSC)C(=O)NC2CCC(O)N(C2=O)C(Cc2ccccc2)C(=O)N(C)C(Cc2ccccc2)C(=O)NC(C(C)C)C(=O)OC1C. The Bertz CT molecular complexity index is 2040. The first-order valence-electron chi connectivity index (χ1n) is 22.1. The minimum atomic E-state index is -1.80. The molecule has 20 heteroatoms. The second kappa shape index (κ2) is 25.0. The first-order chi connectivity index (χ1) is 31.4. The number of ether oxygens (including phenoxy) is 1. The van der Waals surface area contributed by atoms with Crippen molar-refractivity contribution in [2.45, 2.75) is 134 Å². The fourth-order valence-corrected chi connectivity index (χ4v) is 8.28. The van der Waals surface area contributed by atoms with E-state index in [0.29, 0.717) is 23.3 Å². The number of esters is 1. The smallest absolute Gasteiger partial charge is 0.329 e. The van der Waals surface area contributed by atoms with Crippen LogP contribution in [0.4, 0.5) is 0 Å². The molecule has 2 aromatic rings. The summed E-state index contributed by atoms with van der Waals surface area (Å²) < 4.78 is 5.82. The van der Waals surface area contributed by atoms with Gasteiger partial charge in [0.2, 0.25) is 41.4 Å². The van der Waals surface area contributed by atoms with Crippen molar-refractivity contribution in [3.8, 4) is 0 Å². The fourth-order valence-electron chi connectivity index (χ4n) is 7.81. The molecule has 19 nitrogen and oxygen atoms in total. The molecule has 2 aliphatic rings. The molecule has 66 heavy (non-hydrogen) atoms. The third-order valence-electron chi connectivity index (χ3n) is 11.5. The molecule has 2 aliphatic heterocycles. The van der Waals surface area contributed by atoms with E-state index in [2.05, 4.69) is 26.6 Å². The average molecular weight is 938 g/mol. The van der Waals surface area contributed by atoms with Gasteiger partial charge in [-0.1, -0.05) is 81.4 Å². The number of aliphatic carboxylic acids is 1. The Kier molecular flexibility index (Phi) is 20.0. The van der Waals surface area contributed by atoms with Crippen molar-refractivity contribution in [3.63, 3.8) is 0 Å². The number of hydrogen-bond acceptors (Lipinski definition) is 12. The van der Waals surface area contributed by atoms with E-state index in [-0.39, 0.29) is 38.5 Å². The molecule has 2 heterocycles. The molecule has 4 rings (SSSR count). The predicted octanol–water partition coefficient (Wildman–Crippen LogP) is 0.661. The Labute approximate surface area is 388 Å². The standard InChI is InChI=1S/C46H63N7O12S/c1-7-14-35(54)47-32(25-37(56)57)41(59)51-39-27(4)65-46(64)38(26(2)3)50-42(60)33(23-28-15-10-8-11-16-28)52(5)45(63)34(24-29-17-12-9-13-18-29)53-36(55)20-19-31(44(53)62)49-40(58)30(21-22-66-6)48-43(39)61/h8-13,15-18,26-27,30-34,36,38-39,55H,7,14,19-25H2,1-6H3,(H,47,54)(H,48,61)(H,49,58)(H,50,60)(H,51,59)(H,56,57). The molecule has 0 saturated carbocycles. The van der Waals surface area contributed by atoms with Gasteiger partial charge < -0.3 is 51.3 Å². The van der Waals surface area contributed by atoms with Crippen LogP contribution in [0.15, 0.2) is 60.7 Å². The minimum absolute atomic E-state index is 0.0136. The van der Waals surface area contributed by atoms with Crippen molar-refractivity contribution in [1.29, 1.82) is 0 Å². The molecule has 0 radical (unpaired) electrons. The van der Waals surface area contributed by atoms with E-state index in [4.69, 9.17) is 4.74 Å². The van der Waals surface area contributed by atoms with E-state index in [1.54, 1.807) is 87.7 Å². The molecule has 2 aromatic carbocycles. The fraction of sp³-hybridized carbons (Fsp3) is 0.543. The van der Waals surface area contributed by atoms with Crippen molar-refractivity contribution in [2.75, 3.05) is 19.1 Å². The number of rotatable bonds is 15. The van der Waals surface area contributed by atoms with E-state index in [9.17, 15) is 53.4 Å². The lowest BCUT2D eigenvalue weighted by Crippen LogP contribution is -2.65. The molecular formula is C46H63N7O12S. The van der Waals surface area contributed by atoms with E-state index < -0.39 is 120 Å². The Morgan fingerprint density at radius 3 is 2.02 bits per heavy atom. The summed E-state index contributed by atoms with van der Waals surface area (Å²) in [4.78, 5) is 127. The number of nitrogens with one attached hydrogen (secondary N) is 5. The zero-order valence-corrected chi connectivity index (χ0v) is 39.0. The number of thioether (sulfide) groups is 1. The first-order valence-corrected chi connectivity index (χ1v) is 23.5. The highest BCUT2D eigenvalue weighted by molar-refractivity contribution is 7.98. The molecule has 2 fully saturated rings. The number of piperidine rings is 1. The maximum Gasteiger partial charge on any atom is 0.329 e. The lowest BCUT2D eigenvalue weighted by atomic mass is 9.95. The maximum atomic E-state index is 15.0. The second-order valence-corrected chi connectivity index (χ2v) is 17.9. The van der Waals surface area contributed by atoms with Crippen LogP contribution in [-0.2, 0) is 60.7 Å². The molecule has 9 atom stereocenters. The van der Waals surface area contributed by atoms with Crippen LogP contribution >= 0.6 is 11.8 Å². The molecule has 7 amide bonds. The van der Waals surface area contributed by atoms with Crippen LogP contribution in [0, 0.1) is 5.92 Å². The lowest BCUT2D eigenvalue weighted by molar-refractivity contribution is -0.165. The van der Waals surface area contributed by atoms with Gasteiger partial charge in [-0.25, -0.2) is 4.79 Å². The number of fused-ring (bicyclic) bond motifs is 2. The average Bonchev–Trinajstić information content (AvgIpc) is 3.27. The van der Waals surface area contributed by atoms with Gasteiger partial charge in [-0.05, 0) is 61.7 Å². The van der Waals surface area contributed by atoms with Crippen molar-refractivity contribution < 1.29 is 58.1 Å². The van der Waals surface area contributed by atoms with Gasteiger partial charge in [0.25, 0.3) is 0 Å². The van der Waals surface area contributed by atoms with Crippen molar-refractivity contribution in [1.82, 2.24) is 36.4 Å². The Morgan fingerprint density at radius 2 is 1.45 bits per heavy atom. The summed E-state index contributed by atoms with van der Waals surface area (Å²) in [6.07, 6.45) is -1.95. The van der Waals surface area contributed by atoms with Crippen LogP contribution in [-0.4, -0.2) is 147 Å². The normalized spacial score (nSPS) is 25.3. The summed E-state index contributed by atoms with van der Waals surface area (Å²) in [5.74, 6) is -8.63. The number of likely N-dealkylation sites (N-methyl/N-ethyl adjacent to an activating group) is 1. The van der Waals surface area contributed by atoms with Gasteiger partial charge in [-0.15, -0.1) is 0 Å². The predicted molar refractivity (Wildman–Crippen MR) is 243 cm³/mol. The highest BCUT2D eigenvalue weighted by Gasteiger charge is 2.46. The lowest BCUT2D eigenvalue weighted by Gasteiger charge is -2.43. The maximum absolute atomic E-state index is 15.0. The molecule has 0 aromatic heterocycles. The molecule has 0 aliphatic carbocycles. The van der Waals surface area contributed by atoms with Crippen molar-refractivity contribution >= 4 is 65.1 Å². The molecule has 2 saturated heterocycles. The Morgan fingerprint density at radius 1 is 0.848 bits per heavy atom. The topological polar surface area (TPSA) is 270 Å². The number of carboxylic acid groups (broad SMARTS) is 1. The van der Waals surface area contributed by atoms with Gasteiger partial charge in [0.15, 0.2) is 0 Å². The van der Waals surface area contributed by atoms with E-state index in [1.165, 1.54) is 30.6 Å². The minimum Gasteiger partial charge on any atom is -0.481 e. The van der Waals surface area contributed by atoms with Gasteiger partial charge in [-0.3, -0.25) is 38.4 Å². The van der Waals surface area contributed by atoms with Crippen LogP contribution in [0.1, 0.15) is 77.3 Å². The monoisotopic (exact) mass is 937 g/mol. The van der Waals surface area contributed by atoms with Crippen molar-refractivity contribution in [3.05, 3.63) is 71.8 Å². The van der Waals surface area contributed by atoms with Gasteiger partial charge in [0.1, 0.15) is 54.6 Å². The first kappa shape index (κ1) is 52.6. The number of benzene rings is 2. The number of amides is 7. The quantitative estimate of drug-likeness (QED) is 0.121. The Hall–Kier alpha value is -6.02. The number of aliphatic hydroxyl groups is 1. The van der Waals surface area contributed by atoms with Gasteiger partial charge in [0.05, 0.1) is 6.42 Å². The number of aliphatic hydroxyl groups excluding tert-OH is 1.